The van der Waals surface area contributed by atoms with E-state index in [1.165, 1.54) is 0 Å². The van der Waals surface area contributed by atoms with Crippen molar-refractivity contribution in [3.8, 4) is 6.07 Å². The Morgan fingerprint density at radius 2 is 1.83 bits per heavy atom. The molecule has 4 nitrogen and oxygen atoms in total. The number of rotatable bonds is 2. The van der Waals surface area contributed by atoms with Gasteiger partial charge in [0.05, 0.1) is 17.6 Å². The lowest BCUT2D eigenvalue weighted by atomic mass is 9.74. The van der Waals surface area contributed by atoms with E-state index < -0.39 is 5.92 Å². The van der Waals surface area contributed by atoms with Crippen LogP contribution in [0.4, 0.5) is 5.69 Å². The molecular weight excluding hydrogens is 358 g/mol. The summed E-state index contributed by atoms with van der Waals surface area (Å²) in [5.41, 5.74) is 14.0. The predicted molar refractivity (Wildman–Crippen MR) is 115 cm³/mol. The van der Waals surface area contributed by atoms with E-state index in [0.717, 1.165) is 52.1 Å². The van der Waals surface area contributed by atoms with Gasteiger partial charge in [0.1, 0.15) is 5.82 Å². The van der Waals surface area contributed by atoms with Crippen LogP contribution in [0.5, 0.6) is 0 Å². The Hall–Kier alpha value is -3.32. The molecule has 2 N–H and O–H groups in total. The molecule has 4 rings (SSSR count). The molecular formula is C25H25N3O. The fraction of sp³-hybridized carbons (Fsp3) is 0.280. The van der Waals surface area contributed by atoms with Crippen LogP contribution in [0, 0.1) is 32.1 Å². The molecule has 2 aliphatic rings. The minimum atomic E-state index is -0.399. The Balaban J connectivity index is 1.99. The van der Waals surface area contributed by atoms with E-state index in [1.807, 2.05) is 62.1 Å². The highest BCUT2D eigenvalue weighted by molar-refractivity contribution is 6.01. The molecule has 0 amide bonds. The van der Waals surface area contributed by atoms with E-state index >= 15 is 0 Å². The van der Waals surface area contributed by atoms with Gasteiger partial charge >= 0.3 is 0 Å². The zero-order valence-electron chi connectivity index (χ0n) is 17.1. The molecule has 1 atom stereocenters. The molecule has 0 radical (unpaired) electrons. The monoisotopic (exact) mass is 383 g/mol. The molecule has 0 fully saturated rings. The molecule has 146 valence electrons. The molecule has 0 spiro atoms. The van der Waals surface area contributed by atoms with Gasteiger partial charge in [-0.3, -0.25) is 9.69 Å². The average molecular weight is 383 g/mol. The summed E-state index contributed by atoms with van der Waals surface area (Å²) in [7, 11) is 0. The van der Waals surface area contributed by atoms with E-state index in [0.29, 0.717) is 17.8 Å². The number of Topliss-reactive ketones (excluding diaryl/α,β-unsaturated/α-hetero) is 1. The Labute approximate surface area is 171 Å². The lowest BCUT2D eigenvalue weighted by Gasteiger charge is -2.40. The standard InChI is InChI=1S/C25H25N3O/c1-15-6-4-7-18(13-15)28-21-8-5-9-22(29)24(21)23(20(14-26)25(28)27)19-11-10-16(2)12-17(19)3/h4,6-7,10-13,23H,5,8-9,27H2,1-3H3/t23-/m0/s1. The van der Waals surface area contributed by atoms with Crippen LogP contribution < -0.4 is 10.6 Å². The van der Waals surface area contributed by atoms with Crippen molar-refractivity contribution in [2.45, 2.75) is 46.0 Å². The normalized spacial score (nSPS) is 19.3. The first kappa shape index (κ1) is 19.0. The van der Waals surface area contributed by atoms with Crippen molar-refractivity contribution in [3.63, 3.8) is 0 Å². The number of ketones is 1. The van der Waals surface area contributed by atoms with Crippen LogP contribution in [0.1, 0.15) is 47.4 Å². The van der Waals surface area contributed by atoms with Gasteiger partial charge in [-0.1, -0.05) is 35.9 Å². The molecule has 2 aromatic carbocycles. The van der Waals surface area contributed by atoms with E-state index in [2.05, 4.69) is 12.1 Å². The first-order chi connectivity index (χ1) is 13.9. The van der Waals surface area contributed by atoms with Gasteiger partial charge in [0.25, 0.3) is 0 Å². The van der Waals surface area contributed by atoms with Crippen LogP contribution in [0.15, 0.2) is 65.1 Å². The minimum absolute atomic E-state index is 0.120. The van der Waals surface area contributed by atoms with E-state index in [1.54, 1.807) is 0 Å². The fourth-order valence-electron chi connectivity index (χ4n) is 4.61. The highest BCUT2D eigenvalue weighted by Crippen LogP contribution is 2.46. The van der Waals surface area contributed by atoms with E-state index in [9.17, 15) is 10.1 Å². The lowest BCUT2D eigenvalue weighted by Crippen LogP contribution is -2.38. The van der Waals surface area contributed by atoms with Gasteiger partial charge in [-0.05, 0) is 62.4 Å². The summed E-state index contributed by atoms with van der Waals surface area (Å²) in [5.74, 6) is 0.148. The minimum Gasteiger partial charge on any atom is -0.384 e. The van der Waals surface area contributed by atoms with Crippen LogP contribution >= 0.6 is 0 Å². The second kappa shape index (κ2) is 7.25. The second-order valence-corrected chi connectivity index (χ2v) is 8.02. The van der Waals surface area contributed by atoms with Gasteiger partial charge in [0, 0.05) is 23.4 Å². The Morgan fingerprint density at radius 1 is 1.07 bits per heavy atom. The van der Waals surface area contributed by atoms with Crippen molar-refractivity contribution >= 4 is 11.5 Å². The van der Waals surface area contributed by atoms with Gasteiger partial charge in [-0.15, -0.1) is 0 Å². The van der Waals surface area contributed by atoms with Crippen LogP contribution in [0.3, 0.4) is 0 Å². The molecule has 4 heteroatoms. The number of aryl methyl sites for hydroxylation is 3. The first-order valence-electron chi connectivity index (χ1n) is 10.0. The number of nitrogens with zero attached hydrogens (tertiary/aromatic N) is 2. The summed E-state index contributed by atoms with van der Waals surface area (Å²) < 4.78 is 0. The number of hydrogen-bond acceptors (Lipinski definition) is 4. The van der Waals surface area contributed by atoms with Crippen LogP contribution in [-0.4, -0.2) is 5.78 Å². The van der Waals surface area contributed by atoms with Crippen molar-refractivity contribution in [2.75, 3.05) is 4.90 Å². The lowest BCUT2D eigenvalue weighted by molar-refractivity contribution is -0.116. The Kier molecular flexibility index (Phi) is 4.76. The van der Waals surface area contributed by atoms with Crippen LogP contribution in [-0.2, 0) is 4.79 Å². The highest BCUT2D eigenvalue weighted by atomic mass is 16.1. The highest BCUT2D eigenvalue weighted by Gasteiger charge is 2.40. The van der Waals surface area contributed by atoms with Crippen molar-refractivity contribution in [1.29, 1.82) is 5.26 Å². The molecule has 0 aromatic heterocycles. The van der Waals surface area contributed by atoms with Gasteiger partial charge in [-0.25, -0.2) is 0 Å². The smallest absolute Gasteiger partial charge is 0.161 e. The van der Waals surface area contributed by atoms with Crippen LogP contribution in [0.25, 0.3) is 0 Å². The number of nitrogens with two attached hydrogens (primary N) is 1. The number of hydrogen-bond donors (Lipinski definition) is 1. The quantitative estimate of drug-likeness (QED) is 0.799. The van der Waals surface area contributed by atoms with Gasteiger partial charge in [0.2, 0.25) is 0 Å². The maximum Gasteiger partial charge on any atom is 0.161 e. The predicted octanol–water partition coefficient (Wildman–Crippen LogP) is 4.92. The summed E-state index contributed by atoms with van der Waals surface area (Å²) in [6.07, 6.45) is 2.09. The van der Waals surface area contributed by atoms with Gasteiger partial charge in [-0.2, -0.15) is 5.26 Å². The zero-order valence-corrected chi connectivity index (χ0v) is 17.1. The van der Waals surface area contributed by atoms with Crippen LogP contribution in [0.2, 0.25) is 0 Å². The topological polar surface area (TPSA) is 70.1 Å². The number of allylic oxidation sites excluding steroid dienone is 3. The molecule has 1 aliphatic heterocycles. The van der Waals surface area contributed by atoms with E-state index in [-0.39, 0.29) is 5.78 Å². The number of anilines is 1. The summed E-state index contributed by atoms with van der Waals surface area (Å²) in [6.45, 7) is 6.11. The molecule has 0 saturated heterocycles. The van der Waals surface area contributed by atoms with E-state index in [4.69, 9.17) is 5.73 Å². The summed E-state index contributed by atoms with van der Waals surface area (Å²) >= 11 is 0. The van der Waals surface area contributed by atoms with Crippen molar-refractivity contribution < 1.29 is 4.79 Å². The number of carbonyl (C=O) groups is 1. The Morgan fingerprint density at radius 3 is 2.52 bits per heavy atom. The number of carbonyl (C=O) groups excluding carboxylic acids is 1. The third-order valence-corrected chi connectivity index (χ3v) is 5.91. The molecule has 1 aliphatic carbocycles. The Bertz CT molecular complexity index is 1120. The molecule has 29 heavy (non-hydrogen) atoms. The molecule has 0 bridgehead atoms. The van der Waals surface area contributed by atoms with Crippen molar-refractivity contribution in [3.05, 3.63) is 87.4 Å². The number of benzene rings is 2. The maximum absolute atomic E-state index is 13.1. The maximum atomic E-state index is 13.1. The SMILES string of the molecule is Cc1cccc(N2C(N)=C(C#N)[C@H](c3ccc(C)cc3C)C3=C2CCCC3=O)c1. The summed E-state index contributed by atoms with van der Waals surface area (Å²) in [4.78, 5) is 15.1. The molecule has 0 saturated carbocycles. The summed E-state index contributed by atoms with van der Waals surface area (Å²) in [5, 5.41) is 10.1. The molecule has 1 heterocycles. The second-order valence-electron chi connectivity index (χ2n) is 8.02. The van der Waals surface area contributed by atoms with Crippen molar-refractivity contribution in [2.24, 2.45) is 5.73 Å². The zero-order chi connectivity index (χ0) is 20.7. The van der Waals surface area contributed by atoms with Gasteiger partial charge < -0.3 is 5.73 Å². The molecule has 0 unspecified atom stereocenters. The third-order valence-electron chi connectivity index (χ3n) is 5.91. The largest absolute Gasteiger partial charge is 0.384 e. The third kappa shape index (κ3) is 3.13. The fourth-order valence-corrected chi connectivity index (χ4v) is 4.61. The van der Waals surface area contributed by atoms with Crippen molar-refractivity contribution in [1.82, 2.24) is 0 Å². The van der Waals surface area contributed by atoms with Gasteiger partial charge in [0.15, 0.2) is 5.78 Å². The summed E-state index contributed by atoms with van der Waals surface area (Å²) in [6, 6.07) is 16.5. The first-order valence-corrected chi connectivity index (χ1v) is 10.0. The molecule has 2 aromatic rings. The number of nitriles is 1. The average Bonchev–Trinajstić information content (AvgIpc) is 2.67.